The molecule has 0 aliphatic carbocycles. The summed E-state index contributed by atoms with van der Waals surface area (Å²) in [4.78, 5) is 8.59. The zero-order chi connectivity index (χ0) is 17.9. The summed E-state index contributed by atoms with van der Waals surface area (Å²) in [5, 5.41) is 0. The van der Waals surface area contributed by atoms with Crippen LogP contribution in [0.4, 0.5) is 5.69 Å². The van der Waals surface area contributed by atoms with Gasteiger partial charge in [0.2, 0.25) is 0 Å². The highest BCUT2D eigenvalue weighted by Crippen LogP contribution is 2.23. The van der Waals surface area contributed by atoms with Crippen LogP contribution < -0.4 is 9.46 Å². The fourth-order valence-electron chi connectivity index (χ4n) is 2.33. The summed E-state index contributed by atoms with van der Waals surface area (Å²) in [6, 6.07) is 15.1. The molecule has 7 heteroatoms. The van der Waals surface area contributed by atoms with Gasteiger partial charge in [0.1, 0.15) is 11.6 Å². The normalized spacial score (nSPS) is 11.1. The Morgan fingerprint density at radius 2 is 1.80 bits per heavy atom. The zero-order valence-electron chi connectivity index (χ0n) is 13.8. The molecule has 0 saturated carbocycles. The Balaban J connectivity index is 1.88. The van der Waals surface area contributed by atoms with E-state index >= 15 is 0 Å². The fourth-order valence-corrected chi connectivity index (χ4v) is 3.38. The Morgan fingerprint density at radius 3 is 2.48 bits per heavy atom. The number of nitrogens with zero attached hydrogens (tertiary/aromatic N) is 2. The minimum Gasteiger partial charge on any atom is -0.497 e. The summed E-state index contributed by atoms with van der Waals surface area (Å²) >= 11 is 0. The maximum Gasteiger partial charge on any atom is 0.261 e. The zero-order valence-corrected chi connectivity index (χ0v) is 14.6. The van der Waals surface area contributed by atoms with Crippen LogP contribution in [0.15, 0.2) is 65.7 Å². The van der Waals surface area contributed by atoms with Gasteiger partial charge in [-0.2, -0.15) is 0 Å². The first-order valence-electron chi connectivity index (χ1n) is 7.55. The summed E-state index contributed by atoms with van der Waals surface area (Å²) in [5.74, 6) is 1.25. The Bertz CT molecular complexity index is 986. The fraction of sp³-hybridized carbons (Fsp3) is 0.111. The molecule has 3 rings (SSSR count). The molecule has 3 aromatic rings. The molecule has 0 saturated heterocycles. The summed E-state index contributed by atoms with van der Waals surface area (Å²) in [6.07, 6.45) is 1.67. The number of anilines is 1. The molecule has 25 heavy (non-hydrogen) atoms. The van der Waals surface area contributed by atoms with Crippen molar-refractivity contribution in [3.05, 3.63) is 66.6 Å². The van der Waals surface area contributed by atoms with E-state index in [0.29, 0.717) is 17.3 Å². The van der Waals surface area contributed by atoms with Crippen LogP contribution in [-0.4, -0.2) is 25.5 Å². The second kappa shape index (κ2) is 6.90. The molecule has 1 aromatic heterocycles. The standard InChI is InChI=1S/C18H17N3O3S/c1-13-19-11-10-18(20-13)14-4-3-5-15(12-14)21-25(22,23)17-8-6-16(24-2)7-9-17/h3-12,21H,1-2H3. The van der Waals surface area contributed by atoms with E-state index in [1.807, 2.05) is 6.07 Å². The molecule has 0 atom stereocenters. The highest BCUT2D eigenvalue weighted by Gasteiger charge is 2.14. The molecule has 0 fully saturated rings. The van der Waals surface area contributed by atoms with Gasteiger partial charge >= 0.3 is 0 Å². The van der Waals surface area contributed by atoms with Crippen LogP contribution in [0.2, 0.25) is 0 Å². The Kier molecular flexibility index (Phi) is 4.67. The number of rotatable bonds is 5. The monoisotopic (exact) mass is 355 g/mol. The molecule has 2 aromatic carbocycles. The summed E-state index contributed by atoms with van der Waals surface area (Å²) < 4.78 is 32.7. The van der Waals surface area contributed by atoms with Crippen molar-refractivity contribution in [1.29, 1.82) is 0 Å². The minimum absolute atomic E-state index is 0.164. The van der Waals surface area contributed by atoms with E-state index in [1.165, 1.54) is 19.2 Å². The van der Waals surface area contributed by atoms with E-state index in [1.54, 1.807) is 49.5 Å². The molecule has 0 bridgehead atoms. The van der Waals surface area contributed by atoms with Gasteiger partial charge in [-0.3, -0.25) is 4.72 Å². The van der Waals surface area contributed by atoms with Gasteiger partial charge in [0, 0.05) is 17.4 Å². The number of ether oxygens (including phenoxy) is 1. The number of sulfonamides is 1. The maximum atomic E-state index is 12.5. The molecular formula is C18H17N3O3S. The van der Waals surface area contributed by atoms with Crippen LogP contribution in [0.25, 0.3) is 11.3 Å². The van der Waals surface area contributed by atoms with Crippen LogP contribution in [0.1, 0.15) is 5.82 Å². The quantitative estimate of drug-likeness (QED) is 0.760. The summed E-state index contributed by atoms with van der Waals surface area (Å²) in [5.41, 5.74) is 2.00. The third kappa shape index (κ3) is 3.95. The van der Waals surface area contributed by atoms with Crippen LogP contribution in [0, 0.1) is 6.92 Å². The second-order valence-electron chi connectivity index (χ2n) is 5.35. The predicted molar refractivity (Wildman–Crippen MR) is 96.0 cm³/mol. The largest absolute Gasteiger partial charge is 0.497 e. The van der Waals surface area contributed by atoms with Crippen molar-refractivity contribution in [1.82, 2.24) is 9.97 Å². The van der Waals surface area contributed by atoms with Gasteiger partial charge < -0.3 is 4.74 Å². The van der Waals surface area contributed by atoms with Crippen LogP contribution in [0.5, 0.6) is 5.75 Å². The average Bonchev–Trinajstić information content (AvgIpc) is 2.61. The van der Waals surface area contributed by atoms with E-state index in [9.17, 15) is 8.42 Å². The molecule has 0 aliphatic heterocycles. The van der Waals surface area contributed by atoms with Gasteiger partial charge in [-0.05, 0) is 49.4 Å². The SMILES string of the molecule is COc1ccc(S(=O)(=O)Nc2cccc(-c3ccnc(C)n3)c2)cc1. The minimum atomic E-state index is -3.68. The first-order valence-corrected chi connectivity index (χ1v) is 9.03. The van der Waals surface area contributed by atoms with Gasteiger partial charge in [0.05, 0.1) is 17.7 Å². The lowest BCUT2D eigenvalue weighted by atomic mass is 10.1. The molecule has 128 valence electrons. The molecular weight excluding hydrogens is 338 g/mol. The van der Waals surface area contributed by atoms with Gasteiger partial charge in [-0.15, -0.1) is 0 Å². The number of hydrogen-bond acceptors (Lipinski definition) is 5. The van der Waals surface area contributed by atoms with Crippen molar-refractivity contribution >= 4 is 15.7 Å². The Labute approximate surface area is 146 Å². The molecule has 1 N–H and O–H groups in total. The van der Waals surface area contributed by atoms with Crippen molar-refractivity contribution in [2.45, 2.75) is 11.8 Å². The number of benzene rings is 2. The van der Waals surface area contributed by atoms with Crippen molar-refractivity contribution in [2.75, 3.05) is 11.8 Å². The van der Waals surface area contributed by atoms with E-state index in [0.717, 1.165) is 11.3 Å². The first kappa shape index (κ1) is 16.9. The van der Waals surface area contributed by atoms with E-state index < -0.39 is 10.0 Å². The lowest BCUT2D eigenvalue weighted by Gasteiger charge is -2.10. The second-order valence-corrected chi connectivity index (χ2v) is 7.03. The number of nitrogens with one attached hydrogen (secondary N) is 1. The van der Waals surface area contributed by atoms with E-state index in [-0.39, 0.29) is 4.90 Å². The highest BCUT2D eigenvalue weighted by molar-refractivity contribution is 7.92. The average molecular weight is 355 g/mol. The lowest BCUT2D eigenvalue weighted by Crippen LogP contribution is -2.12. The summed E-state index contributed by atoms with van der Waals surface area (Å²) in [7, 11) is -2.15. The van der Waals surface area contributed by atoms with Crippen LogP contribution >= 0.6 is 0 Å². The van der Waals surface area contributed by atoms with Gasteiger partial charge in [0.15, 0.2) is 0 Å². The molecule has 1 heterocycles. The predicted octanol–water partition coefficient (Wildman–Crippen LogP) is 3.26. The smallest absolute Gasteiger partial charge is 0.261 e. The molecule has 0 spiro atoms. The van der Waals surface area contributed by atoms with Crippen LogP contribution in [0.3, 0.4) is 0 Å². The van der Waals surface area contributed by atoms with Gasteiger partial charge in [-0.25, -0.2) is 18.4 Å². The van der Waals surface area contributed by atoms with E-state index in [2.05, 4.69) is 14.7 Å². The Hall–Kier alpha value is -2.93. The van der Waals surface area contributed by atoms with Crippen molar-refractivity contribution in [2.24, 2.45) is 0 Å². The summed E-state index contributed by atoms with van der Waals surface area (Å²) in [6.45, 7) is 1.81. The first-order chi connectivity index (χ1) is 12.0. The Morgan fingerprint density at radius 1 is 1.04 bits per heavy atom. The molecule has 0 unspecified atom stereocenters. The van der Waals surface area contributed by atoms with Crippen LogP contribution in [-0.2, 0) is 10.0 Å². The topological polar surface area (TPSA) is 81.2 Å². The lowest BCUT2D eigenvalue weighted by molar-refractivity contribution is 0.414. The van der Waals surface area contributed by atoms with E-state index in [4.69, 9.17) is 4.74 Å². The number of hydrogen-bond donors (Lipinski definition) is 1. The molecule has 0 radical (unpaired) electrons. The number of aryl methyl sites for hydroxylation is 1. The molecule has 0 aliphatic rings. The van der Waals surface area contributed by atoms with Crippen molar-refractivity contribution < 1.29 is 13.2 Å². The third-order valence-electron chi connectivity index (χ3n) is 3.56. The van der Waals surface area contributed by atoms with Gasteiger partial charge in [0.25, 0.3) is 10.0 Å². The number of methoxy groups -OCH3 is 1. The highest BCUT2D eigenvalue weighted by atomic mass is 32.2. The number of aromatic nitrogens is 2. The maximum absolute atomic E-state index is 12.5. The van der Waals surface area contributed by atoms with Crippen molar-refractivity contribution in [3.63, 3.8) is 0 Å². The van der Waals surface area contributed by atoms with Gasteiger partial charge in [-0.1, -0.05) is 12.1 Å². The molecule has 6 nitrogen and oxygen atoms in total. The molecule has 0 amide bonds. The third-order valence-corrected chi connectivity index (χ3v) is 4.95. The van der Waals surface area contributed by atoms with Crippen molar-refractivity contribution in [3.8, 4) is 17.0 Å².